The Bertz CT molecular complexity index is 1450. The lowest BCUT2D eigenvalue weighted by Crippen LogP contribution is -2.49. The highest BCUT2D eigenvalue weighted by Crippen LogP contribution is 2.43. The second-order valence-electron chi connectivity index (χ2n) is 10.1. The number of piperazine rings is 1. The van der Waals surface area contributed by atoms with Gasteiger partial charge in [0.15, 0.2) is 11.5 Å². The smallest absolute Gasteiger partial charge is 0.408 e. The maximum Gasteiger partial charge on any atom is 0.408 e. The first-order valence-electron chi connectivity index (χ1n) is 12.4. The minimum Gasteiger partial charge on any atom is -0.491 e. The molecule has 3 atom stereocenters. The molecular weight excluding hydrogens is 469 g/mol. The Balaban J connectivity index is 1.29. The molecule has 2 saturated heterocycles. The topological polar surface area (TPSA) is 67.6 Å². The maximum atomic E-state index is 14.4. The zero-order chi connectivity index (χ0) is 24.4. The molecule has 4 aromatic rings. The number of nitrogens with zero attached hydrogens (tertiary/aromatic N) is 5. The Morgan fingerprint density at radius 1 is 1.08 bits per heavy atom. The molecule has 1 saturated carbocycles. The number of hydrogen-bond donors (Lipinski definition) is 1. The van der Waals surface area contributed by atoms with Crippen molar-refractivity contribution in [1.82, 2.24) is 29.8 Å². The van der Waals surface area contributed by atoms with Crippen LogP contribution in [0.25, 0.3) is 28.1 Å². The Morgan fingerprint density at radius 3 is 2.72 bits per heavy atom. The van der Waals surface area contributed by atoms with Gasteiger partial charge in [-0.05, 0) is 48.9 Å². The number of likely N-dealkylation sites (tertiary alicyclic amines) is 1. The van der Waals surface area contributed by atoms with E-state index in [2.05, 4.69) is 15.5 Å². The first kappa shape index (κ1) is 22.0. The van der Waals surface area contributed by atoms with Crippen molar-refractivity contribution < 1.29 is 17.9 Å². The van der Waals surface area contributed by atoms with Gasteiger partial charge in [0.1, 0.15) is 23.0 Å². The summed E-state index contributed by atoms with van der Waals surface area (Å²) in [5.41, 5.74) is 1.89. The van der Waals surface area contributed by atoms with Gasteiger partial charge < -0.3 is 10.1 Å². The maximum absolute atomic E-state index is 14.4. The monoisotopic (exact) mass is 494 g/mol. The number of pyridine rings is 2. The Morgan fingerprint density at radius 2 is 1.97 bits per heavy atom. The molecule has 0 radical (unpaired) electrons. The van der Waals surface area contributed by atoms with Crippen molar-refractivity contribution in [2.45, 2.75) is 43.6 Å². The molecule has 7 nitrogen and oxygen atoms in total. The molecule has 186 valence electrons. The van der Waals surface area contributed by atoms with Gasteiger partial charge in [0, 0.05) is 36.8 Å². The van der Waals surface area contributed by atoms with Crippen LogP contribution in [0.5, 0.6) is 5.75 Å². The molecule has 1 aliphatic carbocycles. The number of alkyl halides is 3. The van der Waals surface area contributed by atoms with E-state index in [4.69, 9.17) is 9.72 Å². The van der Waals surface area contributed by atoms with E-state index in [1.165, 1.54) is 25.1 Å². The summed E-state index contributed by atoms with van der Waals surface area (Å²) in [5, 5.41) is 12.7. The molecule has 10 heteroatoms. The second-order valence-corrected chi connectivity index (χ2v) is 10.1. The molecule has 1 aromatic carbocycles. The van der Waals surface area contributed by atoms with Gasteiger partial charge in [-0.15, -0.1) is 10.2 Å². The average Bonchev–Trinajstić information content (AvgIpc) is 3.23. The minimum atomic E-state index is -4.40. The summed E-state index contributed by atoms with van der Waals surface area (Å²) in [7, 11) is 0. The van der Waals surface area contributed by atoms with Crippen LogP contribution in [0.1, 0.15) is 30.9 Å². The number of para-hydroxylation sites is 1. The number of nitrogens with one attached hydrogen (secondary N) is 1. The van der Waals surface area contributed by atoms with E-state index in [9.17, 15) is 13.2 Å². The average molecular weight is 495 g/mol. The van der Waals surface area contributed by atoms with Crippen LogP contribution in [-0.4, -0.2) is 62.4 Å². The third kappa shape index (κ3) is 3.79. The molecule has 2 bridgehead atoms. The van der Waals surface area contributed by atoms with Crippen LogP contribution in [-0.2, 0) is 0 Å². The fourth-order valence-corrected chi connectivity index (χ4v) is 5.57. The standard InChI is InChI=1S/C26H25F3N6O/c27-26(28,29)24(34-13-18-10-19(34)11-30-18)17-7-9-22-32-33-25(35(22)12-17)20-8-6-16-2-1-3-21(23(16)31-20)36-14-15-4-5-15/h1-3,6-9,12,15,18-19,24,30H,4-5,10-11,13-14H2/t18-,19-,24+/m0/s1. The Labute approximate surface area is 205 Å². The summed E-state index contributed by atoms with van der Waals surface area (Å²) in [5.74, 6) is 1.70. The summed E-state index contributed by atoms with van der Waals surface area (Å²) < 4.78 is 50.7. The van der Waals surface area contributed by atoms with E-state index in [-0.39, 0.29) is 17.6 Å². The fourth-order valence-electron chi connectivity index (χ4n) is 5.57. The predicted octanol–water partition coefficient (Wildman–Crippen LogP) is 4.38. The van der Waals surface area contributed by atoms with Gasteiger partial charge in [0.2, 0.25) is 0 Å². The molecule has 36 heavy (non-hydrogen) atoms. The highest BCUT2D eigenvalue weighted by atomic mass is 19.4. The molecule has 3 fully saturated rings. The second kappa shape index (κ2) is 8.14. The lowest BCUT2D eigenvalue weighted by molar-refractivity contribution is -0.190. The van der Waals surface area contributed by atoms with E-state index in [0.29, 0.717) is 54.0 Å². The van der Waals surface area contributed by atoms with Crippen LogP contribution in [0.2, 0.25) is 0 Å². The van der Waals surface area contributed by atoms with Crippen LogP contribution in [0, 0.1) is 5.92 Å². The van der Waals surface area contributed by atoms with E-state index in [1.807, 2.05) is 30.3 Å². The molecule has 0 unspecified atom stereocenters. The van der Waals surface area contributed by atoms with Crippen LogP contribution < -0.4 is 10.1 Å². The quantitative estimate of drug-likeness (QED) is 0.429. The Hall–Kier alpha value is -3.24. The first-order valence-corrected chi connectivity index (χ1v) is 12.4. The van der Waals surface area contributed by atoms with E-state index < -0.39 is 12.2 Å². The number of hydrogen-bond acceptors (Lipinski definition) is 6. The zero-order valence-electron chi connectivity index (χ0n) is 19.4. The van der Waals surface area contributed by atoms with Crippen molar-refractivity contribution in [1.29, 1.82) is 0 Å². The van der Waals surface area contributed by atoms with Crippen LogP contribution in [0.3, 0.4) is 0 Å². The molecule has 1 N–H and O–H groups in total. The molecular formula is C26H25F3N6O. The van der Waals surface area contributed by atoms with Crippen molar-refractivity contribution in [2.24, 2.45) is 5.92 Å². The molecule has 5 heterocycles. The highest BCUT2D eigenvalue weighted by molar-refractivity contribution is 5.86. The number of halogens is 3. The summed E-state index contributed by atoms with van der Waals surface area (Å²) in [6.45, 7) is 1.64. The molecule has 0 spiro atoms. The molecule has 2 aliphatic heterocycles. The van der Waals surface area contributed by atoms with Gasteiger partial charge in [-0.3, -0.25) is 9.30 Å². The van der Waals surface area contributed by atoms with E-state index >= 15 is 0 Å². The van der Waals surface area contributed by atoms with Crippen molar-refractivity contribution in [3.8, 4) is 17.3 Å². The normalized spacial score (nSPS) is 23.1. The van der Waals surface area contributed by atoms with E-state index in [0.717, 1.165) is 11.8 Å². The van der Waals surface area contributed by atoms with Crippen LogP contribution >= 0.6 is 0 Å². The first-order chi connectivity index (χ1) is 17.4. The lowest BCUT2D eigenvalue weighted by Gasteiger charge is -2.36. The van der Waals surface area contributed by atoms with Gasteiger partial charge in [-0.25, -0.2) is 4.98 Å². The molecule has 0 amide bonds. The number of fused-ring (bicyclic) bond motifs is 4. The summed E-state index contributed by atoms with van der Waals surface area (Å²) in [6, 6.07) is 11.0. The number of aromatic nitrogens is 4. The van der Waals surface area contributed by atoms with Crippen molar-refractivity contribution in [3.05, 3.63) is 54.2 Å². The summed E-state index contributed by atoms with van der Waals surface area (Å²) in [4.78, 5) is 6.40. The largest absolute Gasteiger partial charge is 0.491 e. The van der Waals surface area contributed by atoms with Gasteiger partial charge in [0.05, 0.1) is 6.61 Å². The number of rotatable bonds is 6. The minimum absolute atomic E-state index is 0.117. The van der Waals surface area contributed by atoms with Gasteiger partial charge in [-0.2, -0.15) is 13.2 Å². The number of ether oxygens (including phenoxy) is 1. The SMILES string of the molecule is FC(F)(F)[C@@H](c1ccc2nnc(-c3ccc4cccc(OCC5CC5)c4n3)n2c1)N1C[C@@H]2C[C@H]1CN2. The van der Waals surface area contributed by atoms with Crippen molar-refractivity contribution >= 4 is 16.6 Å². The zero-order valence-corrected chi connectivity index (χ0v) is 19.4. The van der Waals surface area contributed by atoms with Gasteiger partial charge in [-0.1, -0.05) is 24.3 Å². The van der Waals surface area contributed by atoms with Crippen molar-refractivity contribution in [2.75, 3.05) is 19.7 Å². The van der Waals surface area contributed by atoms with Crippen molar-refractivity contribution in [3.63, 3.8) is 0 Å². The Kier molecular flexibility index (Phi) is 4.97. The molecule has 3 aromatic heterocycles. The molecule has 3 aliphatic rings. The number of benzene rings is 1. The van der Waals surface area contributed by atoms with Crippen LogP contribution in [0.15, 0.2) is 48.7 Å². The van der Waals surface area contributed by atoms with E-state index in [1.54, 1.807) is 15.4 Å². The summed E-state index contributed by atoms with van der Waals surface area (Å²) >= 11 is 0. The van der Waals surface area contributed by atoms with Gasteiger partial charge >= 0.3 is 6.18 Å². The summed E-state index contributed by atoms with van der Waals surface area (Å²) in [6.07, 6.45) is 0.237. The third-order valence-corrected chi connectivity index (χ3v) is 7.57. The van der Waals surface area contributed by atoms with Crippen LogP contribution in [0.4, 0.5) is 13.2 Å². The fraction of sp³-hybridized carbons (Fsp3) is 0.423. The molecule has 7 rings (SSSR count). The van der Waals surface area contributed by atoms with Gasteiger partial charge in [0.25, 0.3) is 0 Å². The third-order valence-electron chi connectivity index (χ3n) is 7.57. The highest BCUT2D eigenvalue weighted by Gasteiger charge is 2.51. The lowest BCUT2D eigenvalue weighted by atomic mass is 10.1. The predicted molar refractivity (Wildman–Crippen MR) is 128 cm³/mol.